The van der Waals surface area contributed by atoms with Gasteiger partial charge in [-0.2, -0.15) is 5.10 Å². The van der Waals surface area contributed by atoms with Crippen LogP contribution in [0.15, 0.2) is 6.08 Å². The fourth-order valence-corrected chi connectivity index (χ4v) is 2.94. The fourth-order valence-electron chi connectivity index (χ4n) is 2.70. The normalized spacial score (nSPS) is 18.4. The average Bonchev–Trinajstić information content (AvgIpc) is 2.70. The first-order valence-corrected chi connectivity index (χ1v) is 7.62. The van der Waals surface area contributed by atoms with Crippen LogP contribution in [0.4, 0.5) is 0 Å². The lowest BCUT2D eigenvalue weighted by Gasteiger charge is -2.32. The van der Waals surface area contributed by atoms with Crippen molar-refractivity contribution in [2.24, 2.45) is 13.0 Å². The molecule has 0 spiro atoms. The van der Waals surface area contributed by atoms with E-state index < -0.39 is 0 Å². The molecule has 2 rings (SSSR count). The SMILES string of the molecule is Cc1nn(C)c(Cl)c1C=CC(=O)N1CCC(C(C)O)CC1. The third kappa shape index (κ3) is 3.66. The Balaban J connectivity index is 1.97. The maximum Gasteiger partial charge on any atom is 0.246 e. The first-order valence-electron chi connectivity index (χ1n) is 7.24. The molecule has 1 aliphatic rings. The van der Waals surface area contributed by atoms with E-state index in [0.717, 1.165) is 24.1 Å². The summed E-state index contributed by atoms with van der Waals surface area (Å²) in [5.41, 5.74) is 1.59. The van der Waals surface area contributed by atoms with Crippen LogP contribution in [0, 0.1) is 12.8 Å². The summed E-state index contributed by atoms with van der Waals surface area (Å²) >= 11 is 6.13. The third-order valence-corrected chi connectivity index (χ3v) is 4.57. The molecule has 1 aromatic rings. The molecule has 0 aliphatic carbocycles. The zero-order valence-electron chi connectivity index (χ0n) is 12.7. The van der Waals surface area contributed by atoms with Crippen molar-refractivity contribution in [3.63, 3.8) is 0 Å². The number of carbonyl (C=O) groups excluding carboxylic acids is 1. The number of aryl methyl sites for hydroxylation is 2. The van der Waals surface area contributed by atoms with E-state index in [4.69, 9.17) is 11.6 Å². The standard InChI is InChI=1S/C15H22ClN3O2/c1-10-13(15(16)18(3)17-10)4-5-14(21)19-8-6-12(7-9-19)11(2)20/h4-5,11-12,20H,6-9H2,1-3H3. The minimum atomic E-state index is -0.297. The van der Waals surface area contributed by atoms with Gasteiger partial charge in [0.25, 0.3) is 0 Å². The Morgan fingerprint density at radius 2 is 2.10 bits per heavy atom. The lowest BCUT2D eigenvalue weighted by molar-refractivity contribution is -0.127. The highest BCUT2D eigenvalue weighted by Gasteiger charge is 2.24. The van der Waals surface area contributed by atoms with E-state index >= 15 is 0 Å². The average molecular weight is 312 g/mol. The molecule has 21 heavy (non-hydrogen) atoms. The smallest absolute Gasteiger partial charge is 0.246 e. The summed E-state index contributed by atoms with van der Waals surface area (Å²) in [7, 11) is 1.77. The van der Waals surface area contributed by atoms with Gasteiger partial charge in [0.2, 0.25) is 5.91 Å². The van der Waals surface area contributed by atoms with Crippen molar-refractivity contribution in [2.75, 3.05) is 13.1 Å². The van der Waals surface area contributed by atoms with Gasteiger partial charge in [-0.25, -0.2) is 0 Å². The predicted octanol–water partition coefficient (Wildman–Crippen LogP) is 2.01. The first-order chi connectivity index (χ1) is 9.90. The molecule has 0 aromatic carbocycles. The molecule has 6 heteroatoms. The molecule has 1 aromatic heterocycles. The van der Waals surface area contributed by atoms with Crippen molar-refractivity contribution < 1.29 is 9.90 Å². The van der Waals surface area contributed by atoms with Crippen LogP contribution in [0.5, 0.6) is 0 Å². The van der Waals surface area contributed by atoms with Crippen LogP contribution in [0.2, 0.25) is 5.15 Å². The quantitative estimate of drug-likeness (QED) is 0.869. The Morgan fingerprint density at radius 1 is 1.48 bits per heavy atom. The van der Waals surface area contributed by atoms with Crippen molar-refractivity contribution in [1.29, 1.82) is 0 Å². The van der Waals surface area contributed by atoms with E-state index in [9.17, 15) is 9.90 Å². The molecule has 0 radical (unpaired) electrons. The van der Waals surface area contributed by atoms with Crippen LogP contribution in [0.25, 0.3) is 6.08 Å². The monoisotopic (exact) mass is 311 g/mol. The maximum atomic E-state index is 12.2. The topological polar surface area (TPSA) is 58.4 Å². The molecule has 1 N–H and O–H groups in total. The molecule has 1 atom stereocenters. The summed E-state index contributed by atoms with van der Waals surface area (Å²) in [5, 5.41) is 14.3. The highest BCUT2D eigenvalue weighted by Crippen LogP contribution is 2.22. The van der Waals surface area contributed by atoms with E-state index in [1.54, 1.807) is 23.9 Å². The van der Waals surface area contributed by atoms with Gasteiger partial charge >= 0.3 is 0 Å². The van der Waals surface area contributed by atoms with Crippen molar-refractivity contribution >= 4 is 23.6 Å². The second-order valence-corrected chi connectivity index (χ2v) is 6.01. The van der Waals surface area contributed by atoms with Crippen LogP contribution in [0.1, 0.15) is 31.0 Å². The largest absolute Gasteiger partial charge is 0.393 e. The number of aliphatic hydroxyl groups is 1. The zero-order chi connectivity index (χ0) is 15.6. The van der Waals surface area contributed by atoms with Gasteiger partial charge in [0.1, 0.15) is 5.15 Å². The number of hydrogen-bond donors (Lipinski definition) is 1. The van der Waals surface area contributed by atoms with Crippen LogP contribution >= 0.6 is 11.6 Å². The fraction of sp³-hybridized carbons (Fsp3) is 0.600. The number of aliphatic hydroxyl groups excluding tert-OH is 1. The molecule has 1 saturated heterocycles. The summed E-state index contributed by atoms with van der Waals surface area (Å²) in [4.78, 5) is 14.0. The summed E-state index contributed by atoms with van der Waals surface area (Å²) < 4.78 is 1.59. The Labute approximate surface area is 130 Å². The second-order valence-electron chi connectivity index (χ2n) is 5.65. The molecule has 1 amide bonds. The maximum absolute atomic E-state index is 12.2. The number of piperidine rings is 1. The van der Waals surface area contributed by atoms with Crippen molar-refractivity contribution in [3.8, 4) is 0 Å². The summed E-state index contributed by atoms with van der Waals surface area (Å²) in [6, 6.07) is 0. The van der Waals surface area contributed by atoms with Gasteiger partial charge in [-0.05, 0) is 38.7 Å². The Hall–Kier alpha value is -1.33. The van der Waals surface area contributed by atoms with E-state index in [1.165, 1.54) is 0 Å². The molecule has 1 fully saturated rings. The van der Waals surface area contributed by atoms with Gasteiger partial charge in [0.15, 0.2) is 0 Å². The number of halogens is 1. The van der Waals surface area contributed by atoms with Gasteiger partial charge in [0.05, 0.1) is 11.8 Å². The number of carbonyl (C=O) groups is 1. The molecule has 1 aliphatic heterocycles. The molecule has 2 heterocycles. The summed E-state index contributed by atoms with van der Waals surface area (Å²) in [5.74, 6) is 0.284. The molecule has 5 nitrogen and oxygen atoms in total. The first kappa shape index (κ1) is 16.0. The zero-order valence-corrected chi connectivity index (χ0v) is 13.5. The minimum Gasteiger partial charge on any atom is -0.393 e. The number of rotatable bonds is 3. The second kappa shape index (κ2) is 6.62. The van der Waals surface area contributed by atoms with Gasteiger partial charge in [0, 0.05) is 31.8 Å². The van der Waals surface area contributed by atoms with Crippen molar-refractivity contribution in [1.82, 2.24) is 14.7 Å². The number of hydrogen-bond acceptors (Lipinski definition) is 3. The van der Waals surface area contributed by atoms with Crippen molar-refractivity contribution in [2.45, 2.75) is 32.8 Å². The number of amides is 1. The third-order valence-electron chi connectivity index (χ3n) is 4.12. The summed E-state index contributed by atoms with van der Waals surface area (Å²) in [6.45, 7) is 5.07. The number of nitrogens with zero attached hydrogens (tertiary/aromatic N) is 3. The van der Waals surface area contributed by atoms with Gasteiger partial charge in [-0.1, -0.05) is 11.6 Å². The molecular formula is C15H22ClN3O2. The van der Waals surface area contributed by atoms with E-state index in [2.05, 4.69) is 5.10 Å². The van der Waals surface area contributed by atoms with E-state index in [-0.39, 0.29) is 12.0 Å². The van der Waals surface area contributed by atoms with Gasteiger partial charge < -0.3 is 10.0 Å². The highest BCUT2D eigenvalue weighted by atomic mass is 35.5. The highest BCUT2D eigenvalue weighted by molar-refractivity contribution is 6.31. The predicted molar refractivity (Wildman–Crippen MR) is 83.0 cm³/mol. The molecule has 1 unspecified atom stereocenters. The van der Waals surface area contributed by atoms with Crippen LogP contribution in [-0.2, 0) is 11.8 Å². The van der Waals surface area contributed by atoms with E-state index in [0.29, 0.717) is 24.2 Å². The van der Waals surface area contributed by atoms with E-state index in [1.807, 2.05) is 18.7 Å². The Bertz CT molecular complexity index is 543. The Morgan fingerprint density at radius 3 is 2.57 bits per heavy atom. The van der Waals surface area contributed by atoms with Crippen LogP contribution < -0.4 is 0 Å². The van der Waals surface area contributed by atoms with Crippen LogP contribution in [0.3, 0.4) is 0 Å². The number of aromatic nitrogens is 2. The molecule has 0 saturated carbocycles. The Kier molecular flexibility index (Phi) is 5.06. The van der Waals surface area contributed by atoms with Crippen LogP contribution in [-0.4, -0.2) is 44.9 Å². The summed E-state index contributed by atoms with van der Waals surface area (Å²) in [6.07, 6.45) is 4.69. The molecule has 0 bridgehead atoms. The van der Waals surface area contributed by atoms with Gasteiger partial charge in [-0.3, -0.25) is 9.48 Å². The lowest BCUT2D eigenvalue weighted by Crippen LogP contribution is -2.39. The minimum absolute atomic E-state index is 0.0154. The molecular weight excluding hydrogens is 290 g/mol. The van der Waals surface area contributed by atoms with Gasteiger partial charge in [-0.15, -0.1) is 0 Å². The number of likely N-dealkylation sites (tertiary alicyclic amines) is 1. The molecule has 116 valence electrons. The lowest BCUT2D eigenvalue weighted by atomic mass is 9.92. The van der Waals surface area contributed by atoms with Crippen molar-refractivity contribution in [3.05, 3.63) is 22.5 Å².